The number of carboxylic acid groups (broad SMARTS) is 1. The van der Waals surface area contributed by atoms with Gasteiger partial charge >= 0.3 is 5.97 Å². The minimum atomic E-state index is -0.947. The zero-order valence-electron chi connectivity index (χ0n) is 21.9. The van der Waals surface area contributed by atoms with E-state index in [1.807, 2.05) is 29.8 Å². The largest absolute Gasteiger partial charge is 0.480 e. The van der Waals surface area contributed by atoms with E-state index in [1.54, 1.807) is 0 Å². The monoisotopic (exact) mass is 526 g/mol. The molecule has 0 aliphatic heterocycles. The van der Waals surface area contributed by atoms with Gasteiger partial charge in [0.2, 0.25) is 0 Å². The minimum Gasteiger partial charge on any atom is -0.480 e. The number of ether oxygens (including phenoxy) is 1. The van der Waals surface area contributed by atoms with Gasteiger partial charge in [0, 0.05) is 12.0 Å². The molecule has 6 rings (SSSR count). The van der Waals surface area contributed by atoms with Crippen LogP contribution in [0.15, 0.2) is 47.1 Å². The third-order valence-electron chi connectivity index (χ3n) is 7.40. The molecule has 3 N–H and O–H groups in total. The van der Waals surface area contributed by atoms with Gasteiger partial charge < -0.3 is 20.0 Å². The fourth-order valence-corrected chi connectivity index (χ4v) is 5.55. The van der Waals surface area contributed by atoms with E-state index in [4.69, 9.17) is 25.1 Å². The molecule has 200 valence electrons. The lowest BCUT2D eigenvalue weighted by molar-refractivity contribution is -0.145. The maximum atomic E-state index is 10.8. The summed E-state index contributed by atoms with van der Waals surface area (Å²) in [6, 6.07) is 12.4. The highest BCUT2D eigenvalue weighted by atomic mass is 16.5. The number of nitrogen functional groups attached to an aromatic ring is 1. The SMILES string of the molecule is Cc1cc(C)c2oc(Cc3ccc(-c4nn(C5CCC(OCC(=O)O)CC5)c5ncnc(N)c45)cc3)nc2c1. The van der Waals surface area contributed by atoms with Crippen molar-refractivity contribution in [2.45, 2.75) is 58.1 Å². The maximum absolute atomic E-state index is 10.8. The molecule has 3 heterocycles. The van der Waals surface area contributed by atoms with E-state index < -0.39 is 5.97 Å². The molecule has 1 saturated carbocycles. The lowest BCUT2D eigenvalue weighted by atomic mass is 9.93. The normalized spacial score (nSPS) is 17.7. The Kier molecular flexibility index (Phi) is 6.48. The van der Waals surface area contributed by atoms with E-state index in [2.05, 4.69) is 40.1 Å². The van der Waals surface area contributed by atoms with Gasteiger partial charge in [0.1, 0.15) is 30.0 Å². The third kappa shape index (κ3) is 4.95. The number of oxazole rings is 1. The van der Waals surface area contributed by atoms with Gasteiger partial charge in [-0.05, 0) is 62.3 Å². The molecule has 5 aromatic rings. The van der Waals surface area contributed by atoms with Crippen molar-refractivity contribution >= 4 is 33.9 Å². The van der Waals surface area contributed by atoms with Gasteiger partial charge in [-0.3, -0.25) is 0 Å². The Hall–Kier alpha value is -4.31. The van der Waals surface area contributed by atoms with E-state index in [-0.39, 0.29) is 18.8 Å². The van der Waals surface area contributed by atoms with Crippen LogP contribution in [0.4, 0.5) is 5.82 Å². The van der Waals surface area contributed by atoms with Crippen LogP contribution in [0.5, 0.6) is 0 Å². The number of nitrogens with two attached hydrogens (primary N) is 1. The summed E-state index contributed by atoms with van der Waals surface area (Å²) in [7, 11) is 0. The van der Waals surface area contributed by atoms with Crippen LogP contribution in [0.25, 0.3) is 33.4 Å². The molecular weight excluding hydrogens is 496 g/mol. The number of aliphatic carboxylic acids is 1. The minimum absolute atomic E-state index is 0.0555. The average Bonchev–Trinajstić information content (AvgIpc) is 3.51. The van der Waals surface area contributed by atoms with Crippen molar-refractivity contribution < 1.29 is 19.1 Å². The van der Waals surface area contributed by atoms with Crippen LogP contribution in [0.3, 0.4) is 0 Å². The summed E-state index contributed by atoms with van der Waals surface area (Å²) < 4.78 is 13.5. The number of benzene rings is 2. The number of aromatic nitrogens is 5. The smallest absolute Gasteiger partial charge is 0.329 e. The second kappa shape index (κ2) is 10.1. The van der Waals surface area contributed by atoms with Gasteiger partial charge in [0.25, 0.3) is 0 Å². The number of rotatable bonds is 7. The van der Waals surface area contributed by atoms with E-state index in [0.29, 0.717) is 23.8 Å². The number of carboxylic acids is 1. The summed E-state index contributed by atoms with van der Waals surface area (Å²) in [5, 5.41) is 14.6. The highest BCUT2D eigenvalue weighted by Crippen LogP contribution is 2.36. The molecule has 10 heteroatoms. The van der Waals surface area contributed by atoms with Crippen molar-refractivity contribution in [3.63, 3.8) is 0 Å². The Morgan fingerprint density at radius 1 is 1.13 bits per heavy atom. The molecule has 1 aliphatic carbocycles. The highest BCUT2D eigenvalue weighted by molar-refractivity contribution is 5.98. The zero-order chi connectivity index (χ0) is 27.1. The fraction of sp³-hybridized carbons (Fsp3) is 0.345. The van der Waals surface area contributed by atoms with Gasteiger partial charge in [-0.15, -0.1) is 0 Å². The van der Waals surface area contributed by atoms with E-state index in [1.165, 1.54) is 11.9 Å². The van der Waals surface area contributed by atoms with Crippen LogP contribution in [-0.2, 0) is 16.0 Å². The van der Waals surface area contributed by atoms with Crippen LogP contribution in [0, 0.1) is 13.8 Å². The van der Waals surface area contributed by atoms with Crippen molar-refractivity contribution in [3.8, 4) is 11.3 Å². The molecule has 0 unspecified atom stereocenters. The van der Waals surface area contributed by atoms with E-state index >= 15 is 0 Å². The third-order valence-corrected chi connectivity index (χ3v) is 7.40. The molecule has 2 aromatic carbocycles. The van der Waals surface area contributed by atoms with Crippen molar-refractivity contribution in [2.75, 3.05) is 12.3 Å². The van der Waals surface area contributed by atoms with Gasteiger partial charge in [-0.1, -0.05) is 30.3 Å². The van der Waals surface area contributed by atoms with Crippen molar-refractivity contribution in [1.82, 2.24) is 24.7 Å². The second-order valence-electron chi connectivity index (χ2n) is 10.3. The molecule has 1 fully saturated rings. The summed E-state index contributed by atoms with van der Waals surface area (Å²) >= 11 is 0. The fourth-order valence-electron chi connectivity index (χ4n) is 5.55. The molecule has 10 nitrogen and oxygen atoms in total. The topological polar surface area (TPSA) is 142 Å². The second-order valence-corrected chi connectivity index (χ2v) is 10.3. The number of aryl methyl sites for hydroxylation is 2. The van der Waals surface area contributed by atoms with Crippen LogP contribution in [0.1, 0.15) is 54.3 Å². The Morgan fingerprint density at radius 2 is 1.90 bits per heavy atom. The molecule has 0 spiro atoms. The van der Waals surface area contributed by atoms with Crippen LogP contribution >= 0.6 is 0 Å². The zero-order valence-corrected chi connectivity index (χ0v) is 21.9. The summed E-state index contributed by atoms with van der Waals surface area (Å²) in [4.78, 5) is 24.3. The number of hydrogen-bond acceptors (Lipinski definition) is 8. The Balaban J connectivity index is 1.25. The predicted molar refractivity (Wildman–Crippen MR) is 146 cm³/mol. The lowest BCUT2D eigenvalue weighted by Gasteiger charge is -2.28. The summed E-state index contributed by atoms with van der Waals surface area (Å²) in [6.45, 7) is 3.83. The molecule has 3 aromatic heterocycles. The lowest BCUT2D eigenvalue weighted by Crippen LogP contribution is -2.26. The Morgan fingerprint density at radius 3 is 2.64 bits per heavy atom. The molecule has 0 atom stereocenters. The van der Waals surface area contributed by atoms with Crippen LogP contribution in [0.2, 0.25) is 0 Å². The molecule has 0 saturated heterocycles. The highest BCUT2D eigenvalue weighted by Gasteiger charge is 2.27. The number of carbonyl (C=O) groups is 1. The molecule has 0 radical (unpaired) electrons. The Labute approximate surface area is 224 Å². The van der Waals surface area contributed by atoms with Gasteiger partial charge in [-0.2, -0.15) is 5.10 Å². The summed E-state index contributed by atoms with van der Waals surface area (Å²) in [6.07, 6.45) is 5.15. The summed E-state index contributed by atoms with van der Waals surface area (Å²) in [5.41, 5.74) is 13.7. The maximum Gasteiger partial charge on any atom is 0.329 e. The molecule has 1 aliphatic rings. The van der Waals surface area contributed by atoms with Crippen molar-refractivity contribution in [2.24, 2.45) is 0 Å². The standard InChI is InChI=1S/C29H30N6O4/c1-16-11-17(2)27-22(12-16)33-23(39-27)13-18-3-5-19(6-4-18)26-25-28(30)31-15-32-29(25)35(34-26)20-7-9-21(10-8-20)38-14-24(36)37/h3-6,11-12,15,20-21H,7-10,13-14H2,1-2H3,(H,36,37)(H2,30,31,32). The van der Waals surface area contributed by atoms with E-state index in [9.17, 15) is 4.79 Å². The summed E-state index contributed by atoms with van der Waals surface area (Å²) in [5.74, 6) is 0.125. The molecular formula is C29H30N6O4. The molecule has 0 bridgehead atoms. The average molecular weight is 527 g/mol. The predicted octanol–water partition coefficient (Wildman–Crippen LogP) is 5.01. The Bertz CT molecular complexity index is 1670. The van der Waals surface area contributed by atoms with Gasteiger partial charge in [-0.25, -0.2) is 24.4 Å². The van der Waals surface area contributed by atoms with E-state index in [0.717, 1.165) is 64.6 Å². The quantitative estimate of drug-likeness (QED) is 0.299. The van der Waals surface area contributed by atoms with Crippen LogP contribution in [-0.4, -0.2) is 48.5 Å². The number of nitrogens with zero attached hydrogens (tertiary/aromatic N) is 5. The van der Waals surface area contributed by atoms with Gasteiger partial charge in [0.15, 0.2) is 17.1 Å². The first-order valence-electron chi connectivity index (χ1n) is 13.1. The number of fused-ring (bicyclic) bond motifs is 2. The van der Waals surface area contributed by atoms with Crippen molar-refractivity contribution in [3.05, 3.63) is 65.3 Å². The molecule has 0 amide bonds. The first-order valence-corrected chi connectivity index (χ1v) is 13.1. The molecule has 39 heavy (non-hydrogen) atoms. The first-order chi connectivity index (χ1) is 18.9. The van der Waals surface area contributed by atoms with Crippen molar-refractivity contribution in [1.29, 1.82) is 0 Å². The first kappa shape index (κ1) is 25.0. The van der Waals surface area contributed by atoms with Gasteiger partial charge in [0.05, 0.1) is 17.5 Å². The number of anilines is 1. The van der Waals surface area contributed by atoms with Crippen LogP contribution < -0.4 is 5.73 Å². The number of hydrogen-bond donors (Lipinski definition) is 2.